The molecule has 3 rings (SSSR count). The number of sulfonamides is 1. The van der Waals surface area contributed by atoms with Crippen molar-refractivity contribution in [1.29, 1.82) is 0 Å². The minimum absolute atomic E-state index is 0.219. The number of anilines is 1. The number of benzene rings is 2. The first kappa shape index (κ1) is 21.3. The van der Waals surface area contributed by atoms with Crippen LogP contribution in [-0.4, -0.2) is 38.3 Å². The molecule has 2 atom stereocenters. The van der Waals surface area contributed by atoms with E-state index in [9.17, 15) is 13.2 Å². The van der Waals surface area contributed by atoms with Gasteiger partial charge in [-0.15, -0.1) is 0 Å². The van der Waals surface area contributed by atoms with Gasteiger partial charge in [-0.05, 0) is 73.7 Å². The number of amides is 1. The molecule has 0 unspecified atom stereocenters. The molecule has 1 amide bonds. The lowest BCUT2D eigenvalue weighted by Gasteiger charge is -2.34. The van der Waals surface area contributed by atoms with Crippen molar-refractivity contribution < 1.29 is 17.9 Å². The van der Waals surface area contributed by atoms with Gasteiger partial charge in [-0.3, -0.25) is 4.79 Å². The van der Waals surface area contributed by atoms with Gasteiger partial charge in [0.15, 0.2) is 0 Å². The molecule has 0 spiro atoms. The van der Waals surface area contributed by atoms with E-state index in [1.54, 1.807) is 40.7 Å². The summed E-state index contributed by atoms with van der Waals surface area (Å²) in [5.74, 6) is 1.13. The van der Waals surface area contributed by atoms with Gasteiger partial charge in [-0.2, -0.15) is 4.31 Å². The average Bonchev–Trinajstić information content (AvgIpc) is 2.69. The second-order valence-electron chi connectivity index (χ2n) is 7.70. The molecule has 1 heterocycles. The summed E-state index contributed by atoms with van der Waals surface area (Å²) >= 11 is 0. The summed E-state index contributed by atoms with van der Waals surface area (Å²) in [7, 11) is -3.55. The van der Waals surface area contributed by atoms with Crippen LogP contribution in [0.15, 0.2) is 53.4 Å². The predicted octanol–water partition coefficient (Wildman–Crippen LogP) is 4.00. The fourth-order valence-corrected chi connectivity index (χ4v) is 5.41. The van der Waals surface area contributed by atoms with Gasteiger partial charge in [0, 0.05) is 24.3 Å². The van der Waals surface area contributed by atoms with E-state index >= 15 is 0 Å². The zero-order valence-corrected chi connectivity index (χ0v) is 17.9. The normalized spacial score (nSPS) is 20.2. The third-order valence-electron chi connectivity index (χ3n) is 5.01. The number of ether oxygens (including phenoxy) is 1. The van der Waals surface area contributed by atoms with Crippen LogP contribution in [0, 0.1) is 11.8 Å². The molecule has 1 aliphatic rings. The van der Waals surface area contributed by atoms with Gasteiger partial charge in [0.05, 0.1) is 11.5 Å². The van der Waals surface area contributed by atoms with Gasteiger partial charge in [-0.1, -0.05) is 13.8 Å². The van der Waals surface area contributed by atoms with E-state index in [4.69, 9.17) is 4.74 Å². The SMILES string of the molecule is CCOc1ccc(NC(=O)c2ccc(S(=O)(=O)N3C[C@H](C)C[C@@H](C)C3)cc2)cc1. The van der Waals surface area contributed by atoms with Crippen LogP contribution < -0.4 is 10.1 Å². The maximum Gasteiger partial charge on any atom is 0.255 e. The summed E-state index contributed by atoms with van der Waals surface area (Å²) < 4.78 is 32.8. The van der Waals surface area contributed by atoms with Gasteiger partial charge in [0.1, 0.15) is 5.75 Å². The maximum atomic E-state index is 12.9. The lowest BCUT2D eigenvalue weighted by atomic mass is 9.94. The van der Waals surface area contributed by atoms with Crippen LogP contribution in [0.5, 0.6) is 5.75 Å². The Kier molecular flexibility index (Phi) is 6.59. The molecule has 0 bridgehead atoms. The first-order valence-corrected chi connectivity index (χ1v) is 11.4. The highest BCUT2D eigenvalue weighted by Crippen LogP contribution is 2.27. The second kappa shape index (κ2) is 8.97. The van der Waals surface area contributed by atoms with Gasteiger partial charge >= 0.3 is 0 Å². The van der Waals surface area contributed by atoms with Crippen LogP contribution in [0.1, 0.15) is 37.6 Å². The Morgan fingerprint density at radius 3 is 2.17 bits per heavy atom. The number of nitrogens with zero attached hydrogens (tertiary/aromatic N) is 1. The molecule has 156 valence electrons. The predicted molar refractivity (Wildman–Crippen MR) is 114 cm³/mol. The Morgan fingerprint density at radius 2 is 1.62 bits per heavy atom. The van der Waals surface area contributed by atoms with Crippen molar-refractivity contribution in [3.8, 4) is 5.75 Å². The van der Waals surface area contributed by atoms with Crippen molar-refractivity contribution >= 4 is 21.6 Å². The number of piperidine rings is 1. The van der Waals surface area contributed by atoms with E-state index in [2.05, 4.69) is 19.2 Å². The lowest BCUT2D eigenvalue weighted by molar-refractivity contribution is 0.102. The van der Waals surface area contributed by atoms with E-state index in [0.717, 1.165) is 12.2 Å². The number of carbonyl (C=O) groups is 1. The zero-order chi connectivity index (χ0) is 21.0. The zero-order valence-electron chi connectivity index (χ0n) is 17.1. The average molecular weight is 417 g/mol. The molecule has 1 aliphatic heterocycles. The van der Waals surface area contributed by atoms with Crippen LogP contribution in [-0.2, 0) is 10.0 Å². The largest absolute Gasteiger partial charge is 0.494 e. The number of rotatable bonds is 6. The van der Waals surface area contributed by atoms with Crippen molar-refractivity contribution in [1.82, 2.24) is 4.31 Å². The minimum Gasteiger partial charge on any atom is -0.494 e. The second-order valence-corrected chi connectivity index (χ2v) is 9.64. The molecule has 7 heteroatoms. The summed E-state index contributed by atoms with van der Waals surface area (Å²) in [5.41, 5.74) is 1.05. The highest BCUT2D eigenvalue weighted by atomic mass is 32.2. The topological polar surface area (TPSA) is 75.7 Å². The fourth-order valence-electron chi connectivity index (χ4n) is 3.73. The van der Waals surface area contributed by atoms with Gasteiger partial charge in [0.2, 0.25) is 10.0 Å². The molecule has 29 heavy (non-hydrogen) atoms. The van der Waals surface area contributed by atoms with E-state index in [1.807, 2.05) is 6.92 Å². The molecule has 0 aromatic heterocycles. The van der Waals surface area contributed by atoms with Crippen LogP contribution >= 0.6 is 0 Å². The summed E-state index contributed by atoms with van der Waals surface area (Å²) in [6.07, 6.45) is 1.04. The standard InChI is InChI=1S/C22H28N2O4S/c1-4-28-20-9-7-19(8-10-20)23-22(25)18-5-11-21(12-6-18)29(26,27)24-14-16(2)13-17(3)15-24/h5-12,16-17H,4,13-15H2,1-3H3,(H,23,25)/t16-,17-/m1/s1. The Hall–Kier alpha value is -2.38. The summed E-state index contributed by atoms with van der Waals surface area (Å²) in [5, 5.41) is 2.81. The molecule has 1 saturated heterocycles. The number of hydrogen-bond acceptors (Lipinski definition) is 4. The molecule has 0 saturated carbocycles. The van der Waals surface area contributed by atoms with Crippen molar-refractivity contribution in [2.24, 2.45) is 11.8 Å². The first-order chi connectivity index (χ1) is 13.8. The monoisotopic (exact) mass is 416 g/mol. The highest BCUT2D eigenvalue weighted by Gasteiger charge is 2.31. The van der Waals surface area contributed by atoms with Crippen LogP contribution in [0.2, 0.25) is 0 Å². The van der Waals surface area contributed by atoms with Crippen molar-refractivity contribution in [2.75, 3.05) is 25.0 Å². The number of carbonyl (C=O) groups excluding carboxylic acids is 1. The van der Waals surface area contributed by atoms with Crippen molar-refractivity contribution in [3.63, 3.8) is 0 Å². The number of hydrogen-bond donors (Lipinski definition) is 1. The fraction of sp³-hybridized carbons (Fsp3) is 0.409. The van der Waals surface area contributed by atoms with Crippen LogP contribution in [0.25, 0.3) is 0 Å². The van der Waals surface area contributed by atoms with Crippen LogP contribution in [0.3, 0.4) is 0 Å². The third-order valence-corrected chi connectivity index (χ3v) is 6.86. The van der Waals surface area contributed by atoms with Crippen molar-refractivity contribution in [3.05, 3.63) is 54.1 Å². The molecule has 2 aromatic rings. The summed E-state index contributed by atoms with van der Waals surface area (Å²) in [4.78, 5) is 12.7. The van der Waals surface area contributed by atoms with Gasteiger partial charge in [0.25, 0.3) is 5.91 Å². The van der Waals surface area contributed by atoms with E-state index in [-0.39, 0.29) is 10.8 Å². The quantitative estimate of drug-likeness (QED) is 0.772. The van der Waals surface area contributed by atoms with Crippen LogP contribution in [0.4, 0.5) is 5.69 Å². The molecule has 2 aromatic carbocycles. The highest BCUT2D eigenvalue weighted by molar-refractivity contribution is 7.89. The molecule has 0 radical (unpaired) electrons. The summed E-state index contributed by atoms with van der Waals surface area (Å²) in [6.45, 7) is 7.71. The molecular weight excluding hydrogens is 388 g/mol. The number of nitrogens with one attached hydrogen (secondary N) is 1. The first-order valence-electron chi connectivity index (χ1n) is 9.94. The van der Waals surface area contributed by atoms with Crippen molar-refractivity contribution in [2.45, 2.75) is 32.1 Å². The Bertz CT molecular complexity index is 930. The molecular formula is C22H28N2O4S. The minimum atomic E-state index is -3.55. The molecule has 6 nitrogen and oxygen atoms in total. The lowest BCUT2D eigenvalue weighted by Crippen LogP contribution is -2.42. The molecule has 1 fully saturated rings. The smallest absolute Gasteiger partial charge is 0.255 e. The van der Waals surface area contributed by atoms with E-state index in [1.165, 1.54) is 12.1 Å². The van der Waals surface area contributed by atoms with E-state index < -0.39 is 10.0 Å². The maximum absolute atomic E-state index is 12.9. The molecule has 0 aliphatic carbocycles. The molecule has 1 N–H and O–H groups in total. The van der Waals surface area contributed by atoms with E-state index in [0.29, 0.717) is 42.8 Å². The Labute approximate surface area is 172 Å². The van der Waals surface area contributed by atoms with Gasteiger partial charge in [-0.25, -0.2) is 8.42 Å². The Balaban J connectivity index is 1.69. The third kappa shape index (κ3) is 5.16. The van der Waals surface area contributed by atoms with Gasteiger partial charge < -0.3 is 10.1 Å². The summed E-state index contributed by atoms with van der Waals surface area (Å²) in [6, 6.07) is 13.2. The Morgan fingerprint density at radius 1 is 1.03 bits per heavy atom.